The highest BCUT2D eigenvalue weighted by Gasteiger charge is 2.21. The number of nitrogens with zero attached hydrogens (tertiary/aromatic N) is 1. The van der Waals surface area contributed by atoms with Crippen LogP contribution in [0.15, 0.2) is 18.2 Å². The molecule has 1 aromatic rings. The smallest absolute Gasteiger partial charge is 0.165 e. The normalized spacial score (nSPS) is 21.1. The van der Waals surface area contributed by atoms with Gasteiger partial charge in [0.15, 0.2) is 11.6 Å². The molecule has 0 spiro atoms. The zero-order valence-corrected chi connectivity index (χ0v) is 10.3. The van der Waals surface area contributed by atoms with Crippen molar-refractivity contribution in [3.05, 3.63) is 29.6 Å². The number of hydrogen-bond acceptors (Lipinski definition) is 4. The third kappa shape index (κ3) is 3.19. The van der Waals surface area contributed by atoms with Crippen LogP contribution in [0.1, 0.15) is 12.0 Å². The molecular weight excluding hydrogens is 235 g/mol. The molecule has 2 rings (SSSR count). The second-order valence-electron chi connectivity index (χ2n) is 4.63. The van der Waals surface area contributed by atoms with Gasteiger partial charge >= 0.3 is 0 Å². The number of phenolic OH excluding ortho intramolecular Hbond substituents is 1. The Morgan fingerprint density at radius 2 is 2.28 bits per heavy atom. The van der Waals surface area contributed by atoms with Crippen LogP contribution in [-0.4, -0.2) is 47.4 Å². The molecule has 0 bridgehead atoms. The van der Waals surface area contributed by atoms with Gasteiger partial charge in [-0.1, -0.05) is 6.07 Å². The summed E-state index contributed by atoms with van der Waals surface area (Å²) in [5, 5.41) is 21.5. The van der Waals surface area contributed by atoms with Crippen molar-refractivity contribution in [2.24, 2.45) is 0 Å². The average molecular weight is 254 g/mol. The maximum Gasteiger partial charge on any atom is 0.165 e. The van der Waals surface area contributed by atoms with Gasteiger partial charge in [0.25, 0.3) is 0 Å². The molecule has 1 aliphatic heterocycles. The fourth-order valence-corrected chi connectivity index (χ4v) is 2.33. The number of aliphatic hydroxyl groups excluding tert-OH is 1. The van der Waals surface area contributed by atoms with Crippen molar-refractivity contribution in [1.82, 2.24) is 10.2 Å². The van der Waals surface area contributed by atoms with Crippen LogP contribution in [0.5, 0.6) is 5.75 Å². The minimum absolute atomic E-state index is 0.160. The van der Waals surface area contributed by atoms with Crippen LogP contribution in [-0.2, 0) is 6.54 Å². The Balaban J connectivity index is 2.03. The van der Waals surface area contributed by atoms with Gasteiger partial charge in [-0.15, -0.1) is 0 Å². The molecule has 0 radical (unpaired) electrons. The highest BCUT2D eigenvalue weighted by atomic mass is 19.1. The number of piperazine rings is 1. The summed E-state index contributed by atoms with van der Waals surface area (Å²) in [4.78, 5) is 2.23. The maximum atomic E-state index is 13.3. The monoisotopic (exact) mass is 254 g/mol. The van der Waals surface area contributed by atoms with Crippen molar-refractivity contribution < 1.29 is 14.6 Å². The van der Waals surface area contributed by atoms with Crippen molar-refractivity contribution in [1.29, 1.82) is 0 Å². The van der Waals surface area contributed by atoms with E-state index in [1.807, 2.05) is 0 Å². The van der Waals surface area contributed by atoms with Gasteiger partial charge in [-0.05, 0) is 24.1 Å². The molecule has 100 valence electrons. The van der Waals surface area contributed by atoms with Crippen molar-refractivity contribution in [2.45, 2.75) is 19.0 Å². The lowest BCUT2D eigenvalue weighted by atomic mass is 10.1. The van der Waals surface area contributed by atoms with Gasteiger partial charge in [-0.2, -0.15) is 0 Å². The second kappa shape index (κ2) is 6.13. The summed E-state index contributed by atoms with van der Waals surface area (Å²) in [6.07, 6.45) is 0.716. The molecule has 0 aliphatic carbocycles. The molecule has 1 atom stereocenters. The number of hydrogen-bond donors (Lipinski definition) is 3. The fourth-order valence-electron chi connectivity index (χ4n) is 2.33. The van der Waals surface area contributed by atoms with Gasteiger partial charge in [-0.25, -0.2) is 4.39 Å². The van der Waals surface area contributed by atoms with Gasteiger partial charge in [-0.3, -0.25) is 4.90 Å². The van der Waals surface area contributed by atoms with E-state index in [4.69, 9.17) is 10.2 Å². The van der Waals surface area contributed by atoms with Crippen LogP contribution in [0, 0.1) is 5.82 Å². The summed E-state index contributed by atoms with van der Waals surface area (Å²) >= 11 is 0. The van der Waals surface area contributed by atoms with Crippen LogP contribution in [0.4, 0.5) is 4.39 Å². The van der Waals surface area contributed by atoms with E-state index in [9.17, 15) is 4.39 Å². The van der Waals surface area contributed by atoms with Gasteiger partial charge in [0, 0.05) is 38.8 Å². The Hall–Kier alpha value is -1.17. The molecule has 1 heterocycles. The van der Waals surface area contributed by atoms with Crippen molar-refractivity contribution in [3.8, 4) is 5.75 Å². The van der Waals surface area contributed by atoms with Crippen LogP contribution in [0.2, 0.25) is 0 Å². The van der Waals surface area contributed by atoms with Gasteiger partial charge in [0.05, 0.1) is 0 Å². The first-order chi connectivity index (χ1) is 8.70. The Kier molecular flexibility index (Phi) is 4.52. The van der Waals surface area contributed by atoms with Gasteiger partial charge in [0.1, 0.15) is 0 Å². The molecule has 18 heavy (non-hydrogen) atoms. The van der Waals surface area contributed by atoms with Gasteiger partial charge in [0.2, 0.25) is 0 Å². The SMILES string of the molecule is OCCC1CNCCN1Cc1ccc(O)c(F)c1. The highest BCUT2D eigenvalue weighted by molar-refractivity contribution is 5.28. The van der Waals surface area contributed by atoms with E-state index in [2.05, 4.69) is 10.2 Å². The van der Waals surface area contributed by atoms with Crippen LogP contribution in [0.25, 0.3) is 0 Å². The molecule has 4 nitrogen and oxygen atoms in total. The number of aliphatic hydroxyl groups is 1. The molecule has 1 unspecified atom stereocenters. The topological polar surface area (TPSA) is 55.7 Å². The first kappa shape index (κ1) is 13.3. The molecule has 0 amide bonds. The lowest BCUT2D eigenvalue weighted by Crippen LogP contribution is -2.51. The number of benzene rings is 1. The second-order valence-corrected chi connectivity index (χ2v) is 4.63. The van der Waals surface area contributed by atoms with E-state index < -0.39 is 5.82 Å². The number of aromatic hydroxyl groups is 1. The molecule has 1 fully saturated rings. The van der Waals surface area contributed by atoms with E-state index in [1.165, 1.54) is 12.1 Å². The van der Waals surface area contributed by atoms with Crippen molar-refractivity contribution >= 4 is 0 Å². The van der Waals surface area contributed by atoms with Crippen LogP contribution in [0.3, 0.4) is 0 Å². The summed E-state index contributed by atoms with van der Waals surface area (Å²) in [6, 6.07) is 4.76. The Labute approximate surface area is 106 Å². The first-order valence-corrected chi connectivity index (χ1v) is 6.23. The predicted molar refractivity (Wildman–Crippen MR) is 66.8 cm³/mol. The Morgan fingerprint density at radius 1 is 1.44 bits per heavy atom. The van der Waals surface area contributed by atoms with Crippen molar-refractivity contribution in [3.63, 3.8) is 0 Å². The third-order valence-corrected chi connectivity index (χ3v) is 3.33. The highest BCUT2D eigenvalue weighted by Crippen LogP contribution is 2.19. The van der Waals surface area contributed by atoms with E-state index in [0.29, 0.717) is 13.0 Å². The number of nitrogens with one attached hydrogen (secondary N) is 1. The standard InChI is InChI=1S/C13H19FN2O2/c14-12-7-10(1-2-13(12)18)9-16-5-4-15-8-11(16)3-6-17/h1-2,7,11,15,17-18H,3-6,8-9H2. The summed E-state index contributed by atoms with van der Waals surface area (Å²) in [5.41, 5.74) is 0.843. The third-order valence-electron chi connectivity index (χ3n) is 3.33. The predicted octanol–water partition coefficient (Wildman–Crippen LogP) is 0.687. The maximum absolute atomic E-state index is 13.3. The first-order valence-electron chi connectivity index (χ1n) is 6.23. The van der Waals surface area contributed by atoms with Crippen LogP contribution < -0.4 is 5.32 Å². The van der Waals surface area contributed by atoms with E-state index in [-0.39, 0.29) is 18.4 Å². The summed E-state index contributed by atoms with van der Waals surface area (Å²) in [5.74, 6) is -0.896. The zero-order chi connectivity index (χ0) is 13.0. The minimum Gasteiger partial charge on any atom is -0.505 e. The fraction of sp³-hybridized carbons (Fsp3) is 0.538. The summed E-state index contributed by atoms with van der Waals surface area (Å²) in [6.45, 7) is 3.44. The van der Waals surface area contributed by atoms with E-state index >= 15 is 0 Å². The number of halogens is 1. The largest absolute Gasteiger partial charge is 0.505 e. The number of phenols is 1. The zero-order valence-electron chi connectivity index (χ0n) is 10.3. The van der Waals surface area contributed by atoms with E-state index in [1.54, 1.807) is 6.07 Å². The molecule has 1 saturated heterocycles. The minimum atomic E-state index is -0.582. The summed E-state index contributed by atoms with van der Waals surface area (Å²) in [7, 11) is 0. The molecule has 1 aromatic carbocycles. The van der Waals surface area contributed by atoms with Crippen LogP contribution >= 0.6 is 0 Å². The quantitative estimate of drug-likeness (QED) is 0.740. The number of rotatable bonds is 4. The lowest BCUT2D eigenvalue weighted by molar-refractivity contribution is 0.123. The molecule has 5 heteroatoms. The lowest BCUT2D eigenvalue weighted by Gasteiger charge is -2.36. The van der Waals surface area contributed by atoms with Gasteiger partial charge < -0.3 is 15.5 Å². The molecule has 0 saturated carbocycles. The van der Waals surface area contributed by atoms with Crippen molar-refractivity contribution in [2.75, 3.05) is 26.2 Å². The molecule has 3 N–H and O–H groups in total. The molecular formula is C13H19FN2O2. The molecule has 1 aliphatic rings. The Morgan fingerprint density at radius 3 is 3.00 bits per heavy atom. The summed E-state index contributed by atoms with van der Waals surface area (Å²) < 4.78 is 13.3. The van der Waals surface area contributed by atoms with E-state index in [0.717, 1.165) is 25.2 Å². The molecule has 0 aromatic heterocycles. The average Bonchev–Trinajstić information content (AvgIpc) is 2.37. The Bertz CT molecular complexity index is 399.